The van der Waals surface area contributed by atoms with Crippen molar-refractivity contribution in [2.75, 3.05) is 13.1 Å². The van der Waals surface area contributed by atoms with Gasteiger partial charge >= 0.3 is 5.63 Å². The Morgan fingerprint density at radius 3 is 2.84 bits per heavy atom. The molecule has 1 amide bonds. The average molecular weight is 339 g/mol. The number of ether oxygens (including phenoxy) is 1. The van der Waals surface area contributed by atoms with Gasteiger partial charge < -0.3 is 18.5 Å². The molecule has 2 aromatic heterocycles. The lowest BCUT2D eigenvalue weighted by molar-refractivity contribution is 0.0743. The summed E-state index contributed by atoms with van der Waals surface area (Å²) in [6, 6.07) is 12.3. The molecule has 0 N–H and O–H groups in total. The van der Waals surface area contributed by atoms with Gasteiger partial charge in [-0.1, -0.05) is 18.2 Å². The molecule has 0 spiro atoms. The van der Waals surface area contributed by atoms with Crippen LogP contribution in [0.4, 0.5) is 0 Å². The first-order chi connectivity index (χ1) is 12.1. The molecular formula is C19H17NO5. The maximum absolute atomic E-state index is 12.6. The Hall–Kier alpha value is -3.02. The highest BCUT2D eigenvalue weighted by Gasteiger charge is 2.30. The van der Waals surface area contributed by atoms with Crippen molar-refractivity contribution in [3.8, 4) is 5.75 Å². The third-order valence-corrected chi connectivity index (χ3v) is 4.24. The Bertz CT molecular complexity index is 954. The number of para-hydroxylation sites is 1. The number of carbonyl (C=O) groups is 1. The quantitative estimate of drug-likeness (QED) is 0.733. The molecule has 3 aromatic rings. The van der Waals surface area contributed by atoms with Gasteiger partial charge in [0.15, 0.2) is 5.76 Å². The number of amides is 1. The molecule has 1 aliphatic heterocycles. The molecule has 0 bridgehead atoms. The second kappa shape index (κ2) is 6.12. The zero-order valence-electron chi connectivity index (χ0n) is 13.7. The van der Waals surface area contributed by atoms with E-state index in [1.54, 1.807) is 24.0 Å². The number of furan rings is 1. The highest BCUT2D eigenvalue weighted by Crippen LogP contribution is 2.23. The van der Waals surface area contributed by atoms with E-state index in [4.69, 9.17) is 13.6 Å². The van der Waals surface area contributed by atoms with Gasteiger partial charge in [0.1, 0.15) is 23.2 Å². The molecule has 1 unspecified atom stereocenters. The fraction of sp³-hybridized carbons (Fsp3) is 0.263. The van der Waals surface area contributed by atoms with E-state index in [0.717, 1.165) is 5.39 Å². The molecule has 0 aliphatic carbocycles. The Labute approximate surface area is 143 Å². The summed E-state index contributed by atoms with van der Waals surface area (Å²) in [5.41, 5.74) is 0.257. The van der Waals surface area contributed by atoms with Gasteiger partial charge in [-0.15, -0.1) is 0 Å². The van der Waals surface area contributed by atoms with Gasteiger partial charge in [-0.3, -0.25) is 4.79 Å². The summed E-state index contributed by atoms with van der Waals surface area (Å²) in [4.78, 5) is 25.7. The number of hydrogen-bond acceptors (Lipinski definition) is 5. The fourth-order valence-corrected chi connectivity index (χ4v) is 3.09. The molecule has 1 aliphatic rings. The maximum Gasteiger partial charge on any atom is 0.339 e. The van der Waals surface area contributed by atoms with E-state index in [1.165, 1.54) is 6.07 Å². The number of carbonyl (C=O) groups excluding carboxylic acids is 1. The van der Waals surface area contributed by atoms with Gasteiger partial charge in [0, 0.05) is 24.4 Å². The van der Waals surface area contributed by atoms with Crippen LogP contribution in [0.5, 0.6) is 5.75 Å². The van der Waals surface area contributed by atoms with Crippen molar-refractivity contribution in [3.63, 3.8) is 0 Å². The second-order valence-electron chi connectivity index (χ2n) is 6.15. The minimum absolute atomic E-state index is 0.147. The Kier molecular flexibility index (Phi) is 3.80. The summed E-state index contributed by atoms with van der Waals surface area (Å²) in [6.07, 6.45) is 0.542. The van der Waals surface area contributed by atoms with Gasteiger partial charge in [0.25, 0.3) is 5.91 Å². The highest BCUT2D eigenvalue weighted by molar-refractivity contribution is 5.96. The number of likely N-dealkylation sites (tertiary alicyclic amines) is 1. The minimum atomic E-state index is -0.441. The predicted octanol–water partition coefficient (Wildman–Crippen LogP) is 2.99. The van der Waals surface area contributed by atoms with Crippen molar-refractivity contribution in [3.05, 3.63) is 64.4 Å². The normalized spacial score (nSPS) is 17.2. The number of benzene rings is 1. The van der Waals surface area contributed by atoms with E-state index in [1.807, 2.05) is 24.3 Å². The molecule has 1 fully saturated rings. The summed E-state index contributed by atoms with van der Waals surface area (Å²) in [5, 5.41) is 0.907. The van der Waals surface area contributed by atoms with Crippen molar-refractivity contribution in [2.45, 2.75) is 19.4 Å². The van der Waals surface area contributed by atoms with E-state index in [-0.39, 0.29) is 12.0 Å². The smallest absolute Gasteiger partial charge is 0.339 e. The monoisotopic (exact) mass is 339 g/mol. The molecule has 1 saturated heterocycles. The fourth-order valence-electron chi connectivity index (χ4n) is 3.09. The lowest BCUT2D eigenvalue weighted by Crippen LogP contribution is -2.30. The van der Waals surface area contributed by atoms with Gasteiger partial charge in [-0.05, 0) is 19.1 Å². The first-order valence-corrected chi connectivity index (χ1v) is 8.15. The summed E-state index contributed by atoms with van der Waals surface area (Å²) < 4.78 is 16.4. The van der Waals surface area contributed by atoms with Crippen LogP contribution in [0.3, 0.4) is 0 Å². The first kappa shape index (κ1) is 15.5. The first-order valence-electron chi connectivity index (χ1n) is 8.15. The molecule has 6 heteroatoms. The van der Waals surface area contributed by atoms with E-state index in [0.29, 0.717) is 42.4 Å². The van der Waals surface area contributed by atoms with Crippen molar-refractivity contribution < 1.29 is 18.4 Å². The van der Waals surface area contributed by atoms with Gasteiger partial charge in [-0.25, -0.2) is 4.79 Å². The SMILES string of the molecule is Cc1cc(OC2CCN(C(=O)c3cc4ccccc4o3)C2)cc(=O)o1. The Morgan fingerprint density at radius 1 is 1.20 bits per heavy atom. The number of hydrogen-bond donors (Lipinski definition) is 0. The van der Waals surface area contributed by atoms with E-state index in [2.05, 4.69) is 0 Å². The number of aryl methyl sites for hydroxylation is 1. The summed E-state index contributed by atoms with van der Waals surface area (Å²) >= 11 is 0. The largest absolute Gasteiger partial charge is 0.488 e. The standard InChI is InChI=1S/C19H17NO5/c1-12-8-15(10-18(21)23-12)24-14-6-7-20(11-14)19(22)17-9-13-4-2-3-5-16(13)25-17/h2-5,8-10,14H,6-7,11H2,1H3. The highest BCUT2D eigenvalue weighted by atomic mass is 16.5. The van der Waals surface area contributed by atoms with Gasteiger partial charge in [0.05, 0.1) is 12.6 Å². The molecule has 6 nitrogen and oxygen atoms in total. The minimum Gasteiger partial charge on any atom is -0.488 e. The van der Waals surface area contributed by atoms with Crippen LogP contribution in [0.25, 0.3) is 11.0 Å². The number of fused-ring (bicyclic) bond motifs is 1. The maximum atomic E-state index is 12.6. The molecular weight excluding hydrogens is 322 g/mol. The third-order valence-electron chi connectivity index (χ3n) is 4.24. The van der Waals surface area contributed by atoms with Crippen LogP contribution in [-0.4, -0.2) is 30.0 Å². The van der Waals surface area contributed by atoms with Crippen molar-refractivity contribution in [1.29, 1.82) is 0 Å². The van der Waals surface area contributed by atoms with E-state index >= 15 is 0 Å². The lowest BCUT2D eigenvalue weighted by Gasteiger charge is -2.16. The molecule has 0 radical (unpaired) electrons. The van der Waals surface area contributed by atoms with Crippen molar-refractivity contribution in [2.24, 2.45) is 0 Å². The summed E-state index contributed by atoms with van der Waals surface area (Å²) in [5.74, 6) is 1.15. The van der Waals surface area contributed by atoms with Crippen LogP contribution in [0.1, 0.15) is 22.7 Å². The number of rotatable bonds is 3. The molecule has 0 saturated carbocycles. The van der Waals surface area contributed by atoms with E-state index < -0.39 is 5.63 Å². The van der Waals surface area contributed by atoms with Crippen LogP contribution in [0, 0.1) is 6.92 Å². The summed E-state index contributed by atoms with van der Waals surface area (Å²) in [6.45, 7) is 2.73. The van der Waals surface area contributed by atoms with Crippen LogP contribution in [0.15, 0.2) is 56.1 Å². The van der Waals surface area contributed by atoms with Gasteiger partial charge in [-0.2, -0.15) is 0 Å². The molecule has 4 rings (SSSR count). The molecule has 128 valence electrons. The zero-order valence-corrected chi connectivity index (χ0v) is 13.7. The topological polar surface area (TPSA) is 72.9 Å². The Morgan fingerprint density at radius 2 is 2.04 bits per heavy atom. The lowest BCUT2D eigenvalue weighted by atomic mass is 10.2. The van der Waals surface area contributed by atoms with E-state index in [9.17, 15) is 9.59 Å². The van der Waals surface area contributed by atoms with Crippen molar-refractivity contribution in [1.82, 2.24) is 4.90 Å². The molecule has 3 heterocycles. The zero-order chi connectivity index (χ0) is 17.4. The van der Waals surface area contributed by atoms with Crippen LogP contribution < -0.4 is 10.4 Å². The molecule has 25 heavy (non-hydrogen) atoms. The Balaban J connectivity index is 1.46. The van der Waals surface area contributed by atoms with Crippen LogP contribution >= 0.6 is 0 Å². The van der Waals surface area contributed by atoms with Crippen molar-refractivity contribution >= 4 is 16.9 Å². The third kappa shape index (κ3) is 3.15. The average Bonchev–Trinajstić information content (AvgIpc) is 3.19. The van der Waals surface area contributed by atoms with Gasteiger partial charge in [0.2, 0.25) is 0 Å². The molecule has 1 atom stereocenters. The molecule has 1 aromatic carbocycles. The van der Waals surface area contributed by atoms with Crippen LogP contribution in [0.2, 0.25) is 0 Å². The van der Waals surface area contributed by atoms with Crippen LogP contribution in [-0.2, 0) is 0 Å². The number of nitrogens with zero attached hydrogens (tertiary/aromatic N) is 1. The summed E-state index contributed by atoms with van der Waals surface area (Å²) in [7, 11) is 0. The predicted molar refractivity (Wildman–Crippen MR) is 90.9 cm³/mol. The second-order valence-corrected chi connectivity index (χ2v) is 6.15.